The molecule has 5 heteroatoms. The van der Waals surface area contributed by atoms with Gasteiger partial charge in [-0.1, -0.05) is 15.9 Å². The summed E-state index contributed by atoms with van der Waals surface area (Å²) in [4.78, 5) is 10.3. The van der Waals surface area contributed by atoms with Crippen LogP contribution in [0.5, 0.6) is 0 Å². The van der Waals surface area contributed by atoms with Crippen molar-refractivity contribution in [3.05, 3.63) is 34.1 Å². The SMILES string of the molecule is NC(CCCC(=O)O)c1cc(Br)ccc1F. The van der Waals surface area contributed by atoms with Gasteiger partial charge in [0.05, 0.1) is 0 Å². The van der Waals surface area contributed by atoms with Gasteiger partial charge in [0.25, 0.3) is 0 Å². The summed E-state index contributed by atoms with van der Waals surface area (Å²) in [5.41, 5.74) is 6.21. The third kappa shape index (κ3) is 3.90. The first-order valence-electron chi connectivity index (χ1n) is 4.93. The molecule has 0 heterocycles. The smallest absolute Gasteiger partial charge is 0.303 e. The van der Waals surface area contributed by atoms with Crippen LogP contribution in [0.2, 0.25) is 0 Å². The maximum Gasteiger partial charge on any atom is 0.303 e. The van der Waals surface area contributed by atoms with Crippen molar-refractivity contribution in [1.29, 1.82) is 0 Å². The molecule has 0 saturated carbocycles. The van der Waals surface area contributed by atoms with Crippen molar-refractivity contribution in [3.8, 4) is 0 Å². The number of carboxylic acids is 1. The van der Waals surface area contributed by atoms with Crippen molar-refractivity contribution in [2.75, 3.05) is 0 Å². The Bertz CT molecular complexity index is 384. The van der Waals surface area contributed by atoms with E-state index in [2.05, 4.69) is 15.9 Å². The van der Waals surface area contributed by atoms with Gasteiger partial charge in [0.1, 0.15) is 5.82 Å². The summed E-state index contributed by atoms with van der Waals surface area (Å²) < 4.78 is 14.2. The van der Waals surface area contributed by atoms with Crippen LogP contribution in [0, 0.1) is 5.82 Å². The number of halogens is 2. The Kier molecular flexibility index (Phi) is 4.89. The number of rotatable bonds is 5. The molecule has 0 aromatic heterocycles. The normalized spacial score (nSPS) is 12.4. The molecule has 16 heavy (non-hydrogen) atoms. The van der Waals surface area contributed by atoms with E-state index in [1.165, 1.54) is 6.07 Å². The molecule has 0 aliphatic rings. The lowest BCUT2D eigenvalue weighted by Gasteiger charge is -2.12. The number of hydrogen-bond acceptors (Lipinski definition) is 2. The second-order valence-electron chi connectivity index (χ2n) is 3.56. The summed E-state index contributed by atoms with van der Waals surface area (Å²) in [5.74, 6) is -1.21. The van der Waals surface area contributed by atoms with Crippen LogP contribution >= 0.6 is 15.9 Å². The molecule has 0 amide bonds. The lowest BCUT2D eigenvalue weighted by Crippen LogP contribution is -2.12. The molecule has 88 valence electrons. The Labute approximate surface area is 102 Å². The predicted molar refractivity (Wildman–Crippen MR) is 62.5 cm³/mol. The lowest BCUT2D eigenvalue weighted by atomic mass is 10.0. The predicted octanol–water partition coefficient (Wildman–Crippen LogP) is 2.84. The summed E-state index contributed by atoms with van der Waals surface area (Å²) >= 11 is 3.24. The number of hydrogen-bond donors (Lipinski definition) is 2. The van der Waals surface area contributed by atoms with Crippen molar-refractivity contribution in [1.82, 2.24) is 0 Å². The molecule has 1 atom stereocenters. The minimum atomic E-state index is -0.859. The minimum absolute atomic E-state index is 0.0589. The fourth-order valence-corrected chi connectivity index (χ4v) is 1.81. The van der Waals surface area contributed by atoms with E-state index in [0.29, 0.717) is 18.4 Å². The van der Waals surface area contributed by atoms with Gasteiger partial charge in [-0.15, -0.1) is 0 Å². The van der Waals surface area contributed by atoms with E-state index < -0.39 is 12.0 Å². The van der Waals surface area contributed by atoms with Crippen LogP contribution in [-0.4, -0.2) is 11.1 Å². The maximum atomic E-state index is 13.4. The topological polar surface area (TPSA) is 63.3 Å². The molecule has 1 aromatic carbocycles. The number of aliphatic carboxylic acids is 1. The molecule has 1 aromatic rings. The highest BCUT2D eigenvalue weighted by Gasteiger charge is 2.12. The zero-order valence-electron chi connectivity index (χ0n) is 8.62. The molecule has 0 aliphatic carbocycles. The molecule has 1 unspecified atom stereocenters. The molecule has 3 nitrogen and oxygen atoms in total. The van der Waals surface area contributed by atoms with E-state index in [1.807, 2.05) is 0 Å². The van der Waals surface area contributed by atoms with Gasteiger partial charge in [-0.3, -0.25) is 4.79 Å². The molecule has 0 saturated heterocycles. The first-order valence-corrected chi connectivity index (χ1v) is 5.72. The fraction of sp³-hybridized carbons (Fsp3) is 0.364. The summed E-state index contributed by atoms with van der Waals surface area (Å²) in [5, 5.41) is 8.47. The highest BCUT2D eigenvalue weighted by Crippen LogP contribution is 2.23. The van der Waals surface area contributed by atoms with Gasteiger partial charge in [0.15, 0.2) is 0 Å². The first kappa shape index (κ1) is 13.1. The standard InChI is InChI=1S/C11H13BrFNO2/c12-7-4-5-9(13)8(6-7)10(14)2-1-3-11(15)16/h4-6,10H,1-3,14H2,(H,15,16). The Morgan fingerprint density at radius 2 is 2.25 bits per heavy atom. The maximum absolute atomic E-state index is 13.4. The van der Waals surface area contributed by atoms with Crippen molar-refractivity contribution < 1.29 is 14.3 Å². The Balaban J connectivity index is 2.61. The van der Waals surface area contributed by atoms with Crippen molar-refractivity contribution >= 4 is 21.9 Å². The molecule has 0 aliphatic heterocycles. The van der Waals surface area contributed by atoms with Crippen LogP contribution in [0.1, 0.15) is 30.9 Å². The Morgan fingerprint density at radius 1 is 1.56 bits per heavy atom. The zero-order valence-corrected chi connectivity index (χ0v) is 10.2. The summed E-state index contributed by atoms with van der Waals surface area (Å²) in [6, 6.07) is 4.11. The average Bonchev–Trinajstić information content (AvgIpc) is 2.21. The second kappa shape index (κ2) is 5.96. The third-order valence-electron chi connectivity index (χ3n) is 2.26. The molecule has 3 N–H and O–H groups in total. The van der Waals surface area contributed by atoms with Gasteiger partial charge in [0, 0.05) is 22.5 Å². The number of carboxylic acid groups (broad SMARTS) is 1. The van der Waals surface area contributed by atoms with E-state index in [9.17, 15) is 9.18 Å². The lowest BCUT2D eigenvalue weighted by molar-refractivity contribution is -0.137. The number of nitrogens with two attached hydrogens (primary N) is 1. The van der Waals surface area contributed by atoms with Gasteiger partial charge >= 0.3 is 5.97 Å². The van der Waals surface area contributed by atoms with Gasteiger partial charge in [-0.25, -0.2) is 4.39 Å². The summed E-state index contributed by atoms with van der Waals surface area (Å²) in [6.45, 7) is 0. The Morgan fingerprint density at radius 3 is 2.88 bits per heavy atom. The van der Waals surface area contributed by atoms with Crippen LogP contribution in [0.25, 0.3) is 0 Å². The number of carbonyl (C=O) groups is 1. The van der Waals surface area contributed by atoms with Crippen molar-refractivity contribution in [2.45, 2.75) is 25.3 Å². The van der Waals surface area contributed by atoms with Crippen LogP contribution in [0.3, 0.4) is 0 Å². The molecule has 0 radical (unpaired) electrons. The van der Waals surface area contributed by atoms with Crippen molar-refractivity contribution in [3.63, 3.8) is 0 Å². The van der Waals surface area contributed by atoms with E-state index in [0.717, 1.165) is 4.47 Å². The van der Waals surface area contributed by atoms with Crippen molar-refractivity contribution in [2.24, 2.45) is 5.73 Å². The average molecular weight is 290 g/mol. The fourth-order valence-electron chi connectivity index (χ4n) is 1.43. The third-order valence-corrected chi connectivity index (χ3v) is 2.76. The summed E-state index contributed by atoms with van der Waals surface area (Å²) in [6.07, 6.45) is 0.964. The van der Waals surface area contributed by atoms with Gasteiger partial charge < -0.3 is 10.8 Å². The van der Waals surface area contributed by atoms with Crippen LogP contribution in [0.15, 0.2) is 22.7 Å². The zero-order chi connectivity index (χ0) is 12.1. The molecule has 0 spiro atoms. The highest BCUT2D eigenvalue weighted by molar-refractivity contribution is 9.10. The molecule has 0 fully saturated rings. The largest absolute Gasteiger partial charge is 0.481 e. The van der Waals surface area contributed by atoms with Gasteiger partial charge in [-0.05, 0) is 31.0 Å². The molecular weight excluding hydrogens is 277 g/mol. The van der Waals surface area contributed by atoms with E-state index >= 15 is 0 Å². The quantitative estimate of drug-likeness (QED) is 0.876. The monoisotopic (exact) mass is 289 g/mol. The van der Waals surface area contributed by atoms with E-state index in [1.54, 1.807) is 12.1 Å². The summed E-state index contributed by atoms with van der Waals surface area (Å²) in [7, 11) is 0. The van der Waals surface area contributed by atoms with Gasteiger partial charge in [-0.2, -0.15) is 0 Å². The van der Waals surface area contributed by atoms with E-state index in [-0.39, 0.29) is 12.2 Å². The molecule has 1 rings (SSSR count). The minimum Gasteiger partial charge on any atom is -0.481 e. The van der Waals surface area contributed by atoms with E-state index in [4.69, 9.17) is 10.8 Å². The highest BCUT2D eigenvalue weighted by atomic mass is 79.9. The Hall–Kier alpha value is -0.940. The van der Waals surface area contributed by atoms with Crippen LogP contribution < -0.4 is 5.73 Å². The molecular formula is C11H13BrFNO2. The second-order valence-corrected chi connectivity index (χ2v) is 4.47. The number of benzene rings is 1. The van der Waals surface area contributed by atoms with Crippen LogP contribution in [-0.2, 0) is 4.79 Å². The first-order chi connectivity index (χ1) is 7.50. The van der Waals surface area contributed by atoms with Gasteiger partial charge in [0.2, 0.25) is 0 Å². The molecule has 0 bridgehead atoms. The van der Waals surface area contributed by atoms with Crippen LogP contribution in [0.4, 0.5) is 4.39 Å².